The first-order valence-corrected chi connectivity index (χ1v) is 5.70. The summed E-state index contributed by atoms with van der Waals surface area (Å²) in [6.45, 7) is 5.30. The molecule has 1 saturated heterocycles. The molecule has 1 unspecified atom stereocenters. The second-order valence-electron chi connectivity index (χ2n) is 4.23. The zero-order valence-corrected chi connectivity index (χ0v) is 9.29. The average molecular weight is 205 g/mol. The van der Waals surface area contributed by atoms with Crippen molar-refractivity contribution in [3.05, 3.63) is 29.6 Å². The summed E-state index contributed by atoms with van der Waals surface area (Å²) >= 11 is 0. The molecule has 2 rings (SSSR count). The second-order valence-corrected chi connectivity index (χ2v) is 4.23. The third-order valence-corrected chi connectivity index (χ3v) is 3.02. The second kappa shape index (κ2) is 5.24. The van der Waals surface area contributed by atoms with Crippen LogP contribution in [0.1, 0.15) is 24.0 Å². The van der Waals surface area contributed by atoms with Gasteiger partial charge in [-0.15, -0.1) is 0 Å². The number of rotatable bonds is 4. The molecular weight excluding hydrogens is 186 g/mol. The highest BCUT2D eigenvalue weighted by Crippen LogP contribution is 2.06. The number of aromatic nitrogens is 1. The average Bonchev–Trinajstić information content (AvgIpc) is 2.74. The summed E-state index contributed by atoms with van der Waals surface area (Å²) in [4.78, 5) is 4.14. The molecule has 2 N–H and O–H groups in total. The van der Waals surface area contributed by atoms with Crippen LogP contribution >= 0.6 is 0 Å². The van der Waals surface area contributed by atoms with Gasteiger partial charge in [0.05, 0.1) is 0 Å². The van der Waals surface area contributed by atoms with Crippen molar-refractivity contribution >= 4 is 0 Å². The predicted octanol–water partition coefficient (Wildman–Crippen LogP) is 1.23. The molecule has 3 heteroatoms. The molecule has 1 aliphatic heterocycles. The Labute approximate surface area is 91.3 Å². The van der Waals surface area contributed by atoms with Crippen LogP contribution in [0.25, 0.3) is 0 Å². The van der Waals surface area contributed by atoms with E-state index in [1.54, 1.807) is 0 Å². The summed E-state index contributed by atoms with van der Waals surface area (Å²) in [6.07, 6.45) is 6.42. The Kier molecular flexibility index (Phi) is 3.69. The van der Waals surface area contributed by atoms with E-state index in [0.717, 1.165) is 13.1 Å². The van der Waals surface area contributed by atoms with Crippen molar-refractivity contribution in [3.63, 3.8) is 0 Å². The van der Waals surface area contributed by atoms with Gasteiger partial charge in [-0.3, -0.25) is 4.98 Å². The molecule has 0 bridgehead atoms. The first-order valence-electron chi connectivity index (χ1n) is 5.70. The molecule has 1 aromatic rings. The smallest absolute Gasteiger partial charge is 0.0315 e. The van der Waals surface area contributed by atoms with Crippen molar-refractivity contribution in [3.8, 4) is 0 Å². The van der Waals surface area contributed by atoms with Gasteiger partial charge in [-0.05, 0) is 43.5 Å². The van der Waals surface area contributed by atoms with E-state index >= 15 is 0 Å². The van der Waals surface area contributed by atoms with Gasteiger partial charge >= 0.3 is 0 Å². The predicted molar refractivity (Wildman–Crippen MR) is 61.7 cm³/mol. The maximum atomic E-state index is 4.14. The van der Waals surface area contributed by atoms with Crippen LogP contribution in [0.2, 0.25) is 0 Å². The van der Waals surface area contributed by atoms with E-state index < -0.39 is 0 Å². The summed E-state index contributed by atoms with van der Waals surface area (Å²) in [5, 5.41) is 6.96. The molecule has 82 valence electrons. The Balaban J connectivity index is 1.75. The van der Waals surface area contributed by atoms with Crippen LogP contribution in [-0.2, 0) is 6.54 Å². The Morgan fingerprint density at radius 1 is 1.60 bits per heavy atom. The van der Waals surface area contributed by atoms with Gasteiger partial charge in [-0.2, -0.15) is 0 Å². The van der Waals surface area contributed by atoms with Crippen LogP contribution in [0.3, 0.4) is 0 Å². The molecule has 15 heavy (non-hydrogen) atoms. The highest BCUT2D eigenvalue weighted by Gasteiger charge is 2.12. The standard InChI is InChI=1S/C12H19N3/c1-10-4-6-13-7-11(10)8-14-9-12-3-2-5-15-12/h4,6-7,12,14-15H,2-3,5,8-9H2,1H3. The van der Waals surface area contributed by atoms with Crippen molar-refractivity contribution in [2.75, 3.05) is 13.1 Å². The number of nitrogens with zero attached hydrogens (tertiary/aromatic N) is 1. The largest absolute Gasteiger partial charge is 0.313 e. The van der Waals surface area contributed by atoms with Gasteiger partial charge < -0.3 is 10.6 Å². The number of pyridine rings is 1. The number of nitrogens with one attached hydrogen (secondary N) is 2. The highest BCUT2D eigenvalue weighted by atomic mass is 15.0. The number of aryl methyl sites for hydroxylation is 1. The Hall–Kier alpha value is -0.930. The van der Waals surface area contributed by atoms with Gasteiger partial charge in [-0.25, -0.2) is 0 Å². The Bertz CT molecular complexity index is 305. The van der Waals surface area contributed by atoms with Gasteiger partial charge in [0, 0.05) is 31.5 Å². The van der Waals surface area contributed by atoms with E-state index in [0.29, 0.717) is 6.04 Å². The normalized spacial score (nSPS) is 20.7. The minimum atomic E-state index is 0.668. The number of hydrogen-bond donors (Lipinski definition) is 2. The SMILES string of the molecule is Cc1ccncc1CNCC1CCCN1. The first-order chi connectivity index (χ1) is 7.36. The lowest BCUT2D eigenvalue weighted by molar-refractivity contribution is 0.535. The zero-order valence-electron chi connectivity index (χ0n) is 9.29. The topological polar surface area (TPSA) is 37.0 Å². The van der Waals surface area contributed by atoms with Gasteiger partial charge in [0.2, 0.25) is 0 Å². The maximum Gasteiger partial charge on any atom is 0.0315 e. The van der Waals surface area contributed by atoms with E-state index in [4.69, 9.17) is 0 Å². The molecule has 0 amide bonds. The summed E-state index contributed by atoms with van der Waals surface area (Å²) in [5.41, 5.74) is 2.62. The summed E-state index contributed by atoms with van der Waals surface area (Å²) < 4.78 is 0. The fourth-order valence-corrected chi connectivity index (χ4v) is 1.99. The van der Waals surface area contributed by atoms with Crippen LogP contribution in [0.5, 0.6) is 0 Å². The van der Waals surface area contributed by atoms with E-state index in [1.807, 2.05) is 12.4 Å². The summed E-state index contributed by atoms with van der Waals surface area (Å²) in [5.74, 6) is 0. The van der Waals surface area contributed by atoms with Gasteiger partial charge in [0.1, 0.15) is 0 Å². The lowest BCUT2D eigenvalue weighted by Gasteiger charge is -2.12. The third kappa shape index (κ3) is 3.01. The van der Waals surface area contributed by atoms with E-state index in [-0.39, 0.29) is 0 Å². The molecule has 3 nitrogen and oxygen atoms in total. The van der Waals surface area contributed by atoms with Crippen molar-refractivity contribution in [2.45, 2.75) is 32.4 Å². The highest BCUT2D eigenvalue weighted by molar-refractivity contribution is 5.20. The molecule has 0 saturated carbocycles. The van der Waals surface area contributed by atoms with Crippen LogP contribution in [0.15, 0.2) is 18.5 Å². The summed E-state index contributed by atoms with van der Waals surface area (Å²) in [7, 11) is 0. The van der Waals surface area contributed by atoms with Crippen LogP contribution in [0, 0.1) is 6.92 Å². The molecule has 0 radical (unpaired) electrons. The van der Waals surface area contributed by atoms with Crippen LogP contribution in [0.4, 0.5) is 0 Å². The first kappa shape index (κ1) is 10.6. The van der Waals surface area contributed by atoms with Gasteiger partial charge in [0.25, 0.3) is 0 Å². The van der Waals surface area contributed by atoms with Crippen molar-refractivity contribution in [1.29, 1.82) is 0 Å². The minimum Gasteiger partial charge on any atom is -0.313 e. The van der Waals surface area contributed by atoms with Crippen LogP contribution < -0.4 is 10.6 Å². The molecule has 0 aliphatic carbocycles. The van der Waals surface area contributed by atoms with Crippen molar-refractivity contribution in [1.82, 2.24) is 15.6 Å². The van der Waals surface area contributed by atoms with Crippen LogP contribution in [-0.4, -0.2) is 24.1 Å². The van der Waals surface area contributed by atoms with Gasteiger partial charge in [0.15, 0.2) is 0 Å². The van der Waals surface area contributed by atoms with Gasteiger partial charge in [-0.1, -0.05) is 0 Å². The molecule has 1 atom stereocenters. The van der Waals surface area contributed by atoms with E-state index in [2.05, 4.69) is 28.6 Å². The Morgan fingerprint density at radius 2 is 2.53 bits per heavy atom. The third-order valence-electron chi connectivity index (χ3n) is 3.02. The fourth-order valence-electron chi connectivity index (χ4n) is 1.99. The van der Waals surface area contributed by atoms with Crippen molar-refractivity contribution < 1.29 is 0 Å². The van der Waals surface area contributed by atoms with Crippen molar-refractivity contribution in [2.24, 2.45) is 0 Å². The van der Waals surface area contributed by atoms with E-state index in [9.17, 15) is 0 Å². The summed E-state index contributed by atoms with van der Waals surface area (Å²) in [6, 6.07) is 2.73. The molecule has 2 heterocycles. The molecule has 0 spiro atoms. The monoisotopic (exact) mass is 205 g/mol. The van der Waals surface area contributed by atoms with E-state index in [1.165, 1.54) is 30.5 Å². The zero-order chi connectivity index (χ0) is 10.5. The maximum absolute atomic E-state index is 4.14. The molecular formula is C12H19N3. The molecule has 1 fully saturated rings. The minimum absolute atomic E-state index is 0.668. The molecule has 1 aromatic heterocycles. The molecule has 0 aromatic carbocycles. The lowest BCUT2D eigenvalue weighted by Crippen LogP contribution is -2.33. The fraction of sp³-hybridized carbons (Fsp3) is 0.583. The quantitative estimate of drug-likeness (QED) is 0.776. The molecule has 1 aliphatic rings. The number of hydrogen-bond acceptors (Lipinski definition) is 3. The lowest BCUT2D eigenvalue weighted by atomic mass is 10.1. The Morgan fingerprint density at radius 3 is 3.27 bits per heavy atom.